The number of nitrogens with one attached hydrogen (secondary N) is 1. The summed E-state index contributed by atoms with van der Waals surface area (Å²) in [6, 6.07) is 0. The monoisotopic (exact) mass is 268 g/mol. The third kappa shape index (κ3) is 5.38. The van der Waals surface area contributed by atoms with Gasteiger partial charge in [-0.25, -0.2) is 0 Å². The summed E-state index contributed by atoms with van der Waals surface area (Å²) in [6.07, 6.45) is 2.73. The van der Waals surface area contributed by atoms with Gasteiger partial charge < -0.3 is 15.1 Å². The molecule has 4 heteroatoms. The Morgan fingerprint density at radius 2 is 1.79 bits per heavy atom. The normalized spacial score (nSPS) is 24.2. The van der Waals surface area contributed by atoms with Crippen LogP contribution in [0.15, 0.2) is 0 Å². The molecule has 112 valence electrons. The van der Waals surface area contributed by atoms with Gasteiger partial charge in [-0.05, 0) is 45.4 Å². The Morgan fingerprint density at radius 1 is 1.11 bits per heavy atom. The third-order valence-corrected chi connectivity index (χ3v) is 4.75. The second-order valence-corrected chi connectivity index (χ2v) is 6.23. The summed E-state index contributed by atoms with van der Waals surface area (Å²) in [6.45, 7) is 14.8. The van der Waals surface area contributed by atoms with Gasteiger partial charge in [0.25, 0.3) is 0 Å². The average Bonchev–Trinajstić information content (AvgIpc) is 2.46. The van der Waals surface area contributed by atoms with E-state index in [-0.39, 0.29) is 0 Å². The molecule has 0 aromatic heterocycles. The van der Waals surface area contributed by atoms with E-state index in [1.54, 1.807) is 0 Å². The van der Waals surface area contributed by atoms with E-state index in [1.807, 2.05) is 0 Å². The molecule has 0 saturated carbocycles. The first-order valence-corrected chi connectivity index (χ1v) is 8.12. The fraction of sp³-hybridized carbons (Fsp3) is 1.00. The molecule has 0 amide bonds. The van der Waals surface area contributed by atoms with Gasteiger partial charge in [0.05, 0.1) is 0 Å². The number of hydrogen-bond acceptors (Lipinski definition) is 4. The fourth-order valence-corrected chi connectivity index (χ4v) is 3.16. The molecule has 1 N–H and O–H groups in total. The van der Waals surface area contributed by atoms with Gasteiger partial charge in [0.15, 0.2) is 0 Å². The largest absolute Gasteiger partial charge is 0.317 e. The summed E-state index contributed by atoms with van der Waals surface area (Å²) >= 11 is 0. The van der Waals surface area contributed by atoms with Crippen molar-refractivity contribution in [2.45, 2.75) is 19.8 Å². The lowest BCUT2D eigenvalue weighted by Gasteiger charge is -2.35. The highest BCUT2D eigenvalue weighted by Gasteiger charge is 2.18. The van der Waals surface area contributed by atoms with Crippen molar-refractivity contribution in [2.75, 3.05) is 72.5 Å². The molecular formula is C15H32N4. The second-order valence-electron chi connectivity index (χ2n) is 6.23. The predicted molar refractivity (Wildman–Crippen MR) is 81.6 cm³/mol. The molecule has 2 rings (SSSR count). The molecule has 0 unspecified atom stereocenters. The minimum Gasteiger partial charge on any atom is -0.317 e. The molecule has 4 nitrogen and oxygen atoms in total. The van der Waals surface area contributed by atoms with E-state index in [0.717, 1.165) is 5.92 Å². The van der Waals surface area contributed by atoms with Crippen LogP contribution in [0.5, 0.6) is 0 Å². The Morgan fingerprint density at radius 3 is 2.42 bits per heavy atom. The maximum atomic E-state index is 3.46. The van der Waals surface area contributed by atoms with E-state index in [9.17, 15) is 0 Å². The minimum absolute atomic E-state index is 0.925. The van der Waals surface area contributed by atoms with Crippen LogP contribution in [0.1, 0.15) is 19.8 Å². The first-order chi connectivity index (χ1) is 9.28. The van der Waals surface area contributed by atoms with Crippen molar-refractivity contribution in [3.8, 4) is 0 Å². The first-order valence-electron chi connectivity index (χ1n) is 8.12. The Kier molecular flexibility index (Phi) is 6.57. The van der Waals surface area contributed by atoms with Crippen LogP contribution in [0, 0.1) is 5.92 Å². The highest BCUT2D eigenvalue weighted by Crippen LogP contribution is 2.13. The van der Waals surface area contributed by atoms with Crippen molar-refractivity contribution in [1.29, 1.82) is 0 Å². The summed E-state index contributed by atoms with van der Waals surface area (Å²) in [4.78, 5) is 7.72. The lowest BCUT2D eigenvalue weighted by molar-refractivity contribution is 0.128. The number of hydrogen-bond donors (Lipinski definition) is 1. The van der Waals surface area contributed by atoms with Gasteiger partial charge in [-0.15, -0.1) is 0 Å². The molecule has 0 atom stereocenters. The highest BCUT2D eigenvalue weighted by molar-refractivity contribution is 4.74. The number of piperazine rings is 1. The van der Waals surface area contributed by atoms with Crippen molar-refractivity contribution in [3.63, 3.8) is 0 Å². The standard InChI is InChI=1S/C15H32N4/c1-3-18(14-15-4-6-16-7-5-15)12-13-19-10-8-17(2)9-11-19/h15-16H,3-14H2,1-2H3. The van der Waals surface area contributed by atoms with Crippen LogP contribution >= 0.6 is 0 Å². The minimum atomic E-state index is 0.925. The Balaban J connectivity index is 1.64. The summed E-state index contributed by atoms with van der Waals surface area (Å²) in [5.41, 5.74) is 0. The summed E-state index contributed by atoms with van der Waals surface area (Å²) in [5.74, 6) is 0.925. The van der Waals surface area contributed by atoms with Crippen LogP contribution in [0.3, 0.4) is 0 Å². The van der Waals surface area contributed by atoms with Gasteiger partial charge >= 0.3 is 0 Å². The smallest absolute Gasteiger partial charge is 0.0110 e. The lowest BCUT2D eigenvalue weighted by atomic mass is 9.97. The molecule has 0 spiro atoms. The number of nitrogens with zero attached hydrogens (tertiary/aromatic N) is 3. The van der Waals surface area contributed by atoms with Gasteiger partial charge in [-0.3, -0.25) is 4.90 Å². The Labute approximate surface area is 119 Å². The van der Waals surface area contributed by atoms with Crippen LogP contribution in [0.2, 0.25) is 0 Å². The number of likely N-dealkylation sites (N-methyl/N-ethyl adjacent to an activating group) is 2. The summed E-state index contributed by atoms with van der Waals surface area (Å²) in [5, 5.41) is 3.46. The molecule has 2 saturated heterocycles. The van der Waals surface area contributed by atoms with Crippen LogP contribution < -0.4 is 5.32 Å². The zero-order valence-corrected chi connectivity index (χ0v) is 12.9. The van der Waals surface area contributed by atoms with Gasteiger partial charge in [0.2, 0.25) is 0 Å². The zero-order chi connectivity index (χ0) is 13.5. The maximum absolute atomic E-state index is 3.46. The first kappa shape index (κ1) is 15.2. The van der Waals surface area contributed by atoms with Crippen molar-refractivity contribution in [1.82, 2.24) is 20.0 Å². The quantitative estimate of drug-likeness (QED) is 0.760. The molecule has 2 aliphatic heterocycles. The van der Waals surface area contributed by atoms with Crippen molar-refractivity contribution < 1.29 is 0 Å². The molecule has 0 aliphatic carbocycles. The van der Waals surface area contributed by atoms with Crippen LogP contribution in [-0.2, 0) is 0 Å². The zero-order valence-electron chi connectivity index (χ0n) is 12.9. The molecule has 0 bridgehead atoms. The van der Waals surface area contributed by atoms with E-state index in [4.69, 9.17) is 0 Å². The van der Waals surface area contributed by atoms with E-state index in [1.165, 1.54) is 78.3 Å². The second kappa shape index (κ2) is 8.20. The molecule has 0 aromatic rings. The maximum Gasteiger partial charge on any atom is 0.0110 e. The van der Waals surface area contributed by atoms with E-state index >= 15 is 0 Å². The van der Waals surface area contributed by atoms with E-state index < -0.39 is 0 Å². The van der Waals surface area contributed by atoms with Gasteiger partial charge in [0.1, 0.15) is 0 Å². The molecule has 0 aromatic carbocycles. The van der Waals surface area contributed by atoms with Gasteiger partial charge in [-0.2, -0.15) is 0 Å². The summed E-state index contributed by atoms with van der Waals surface area (Å²) < 4.78 is 0. The molecule has 0 radical (unpaired) electrons. The average molecular weight is 268 g/mol. The highest BCUT2D eigenvalue weighted by atomic mass is 15.3. The molecule has 19 heavy (non-hydrogen) atoms. The Hall–Kier alpha value is -0.160. The Bertz CT molecular complexity index is 232. The van der Waals surface area contributed by atoms with Gasteiger partial charge in [-0.1, -0.05) is 6.92 Å². The number of piperidine rings is 1. The van der Waals surface area contributed by atoms with Gasteiger partial charge in [0, 0.05) is 45.8 Å². The van der Waals surface area contributed by atoms with Crippen LogP contribution in [0.4, 0.5) is 0 Å². The van der Waals surface area contributed by atoms with E-state index in [2.05, 4.69) is 34.0 Å². The van der Waals surface area contributed by atoms with E-state index in [0.29, 0.717) is 0 Å². The van der Waals surface area contributed by atoms with Crippen molar-refractivity contribution in [2.24, 2.45) is 5.92 Å². The fourth-order valence-electron chi connectivity index (χ4n) is 3.16. The third-order valence-electron chi connectivity index (χ3n) is 4.75. The topological polar surface area (TPSA) is 21.8 Å². The summed E-state index contributed by atoms with van der Waals surface area (Å²) in [7, 11) is 2.23. The molecule has 2 aliphatic rings. The lowest BCUT2D eigenvalue weighted by Crippen LogP contribution is -2.47. The molecular weight excluding hydrogens is 236 g/mol. The molecule has 2 heterocycles. The molecule has 2 fully saturated rings. The SMILES string of the molecule is CCN(CCN1CCN(C)CC1)CC1CCNCC1. The van der Waals surface area contributed by atoms with Crippen molar-refractivity contribution >= 4 is 0 Å². The van der Waals surface area contributed by atoms with Crippen LogP contribution in [0.25, 0.3) is 0 Å². The predicted octanol–water partition coefficient (Wildman–Crippen LogP) is 0.555. The van der Waals surface area contributed by atoms with Crippen molar-refractivity contribution in [3.05, 3.63) is 0 Å². The van der Waals surface area contributed by atoms with Crippen LogP contribution in [-0.4, -0.2) is 87.2 Å². The number of rotatable bonds is 6.